The van der Waals surface area contributed by atoms with E-state index in [9.17, 15) is 4.39 Å². The molecule has 3 nitrogen and oxygen atoms in total. The average Bonchev–Trinajstić information content (AvgIpc) is 2.99. The van der Waals surface area contributed by atoms with E-state index >= 15 is 0 Å². The lowest BCUT2D eigenvalue weighted by Crippen LogP contribution is -2.15. The van der Waals surface area contributed by atoms with E-state index in [2.05, 4.69) is 4.98 Å². The van der Waals surface area contributed by atoms with Gasteiger partial charge in [-0.05, 0) is 23.8 Å². The van der Waals surface area contributed by atoms with Crippen molar-refractivity contribution in [2.75, 3.05) is 0 Å². The summed E-state index contributed by atoms with van der Waals surface area (Å²) in [5, 5.41) is 0.0905. The van der Waals surface area contributed by atoms with E-state index in [1.165, 1.54) is 12.1 Å². The SMILES string of the molecule is NC(c1ccccc1)c1cncn1-c1ccc(Cl)c(F)c1. The van der Waals surface area contributed by atoms with Crippen molar-refractivity contribution < 1.29 is 4.39 Å². The van der Waals surface area contributed by atoms with Crippen molar-refractivity contribution in [3.05, 3.63) is 83.2 Å². The van der Waals surface area contributed by atoms with Crippen molar-refractivity contribution in [3.63, 3.8) is 0 Å². The molecule has 3 rings (SSSR count). The Morgan fingerprint density at radius 2 is 1.90 bits per heavy atom. The smallest absolute Gasteiger partial charge is 0.143 e. The molecule has 0 aliphatic rings. The summed E-state index contributed by atoms with van der Waals surface area (Å²) < 4.78 is 15.4. The van der Waals surface area contributed by atoms with E-state index in [4.69, 9.17) is 17.3 Å². The molecule has 0 radical (unpaired) electrons. The minimum absolute atomic E-state index is 0.0905. The molecule has 3 aromatic rings. The first-order chi connectivity index (χ1) is 10.2. The van der Waals surface area contributed by atoms with Crippen LogP contribution in [0.4, 0.5) is 4.39 Å². The van der Waals surface area contributed by atoms with Crippen LogP contribution in [0.25, 0.3) is 5.69 Å². The highest BCUT2D eigenvalue weighted by molar-refractivity contribution is 6.30. The lowest BCUT2D eigenvalue weighted by molar-refractivity contribution is 0.626. The van der Waals surface area contributed by atoms with Crippen LogP contribution in [0.15, 0.2) is 61.1 Å². The van der Waals surface area contributed by atoms with Crippen molar-refractivity contribution in [1.29, 1.82) is 0 Å². The molecule has 0 saturated heterocycles. The zero-order valence-electron chi connectivity index (χ0n) is 11.1. The van der Waals surface area contributed by atoms with Crippen molar-refractivity contribution in [3.8, 4) is 5.69 Å². The molecule has 1 heterocycles. The summed E-state index contributed by atoms with van der Waals surface area (Å²) in [5.41, 5.74) is 8.67. The van der Waals surface area contributed by atoms with Gasteiger partial charge in [0.2, 0.25) is 0 Å². The zero-order chi connectivity index (χ0) is 14.8. The third-order valence-electron chi connectivity index (χ3n) is 3.33. The first-order valence-corrected chi connectivity index (χ1v) is 6.83. The maximum atomic E-state index is 13.6. The summed E-state index contributed by atoms with van der Waals surface area (Å²) in [4.78, 5) is 4.12. The fourth-order valence-electron chi connectivity index (χ4n) is 2.22. The third kappa shape index (κ3) is 2.68. The Morgan fingerprint density at radius 3 is 2.62 bits per heavy atom. The summed E-state index contributed by atoms with van der Waals surface area (Å²) in [6.45, 7) is 0. The van der Waals surface area contributed by atoms with Crippen LogP contribution >= 0.6 is 11.6 Å². The molecule has 2 aromatic carbocycles. The first-order valence-electron chi connectivity index (χ1n) is 6.45. The van der Waals surface area contributed by atoms with Gasteiger partial charge in [-0.15, -0.1) is 0 Å². The monoisotopic (exact) mass is 301 g/mol. The van der Waals surface area contributed by atoms with E-state index in [1.807, 2.05) is 30.3 Å². The Morgan fingerprint density at radius 1 is 1.14 bits per heavy atom. The second-order valence-electron chi connectivity index (χ2n) is 4.68. The van der Waals surface area contributed by atoms with Gasteiger partial charge in [-0.1, -0.05) is 41.9 Å². The lowest BCUT2D eigenvalue weighted by atomic mass is 10.1. The summed E-state index contributed by atoms with van der Waals surface area (Å²) in [5.74, 6) is -0.470. The molecule has 0 spiro atoms. The molecule has 1 atom stereocenters. The fourth-order valence-corrected chi connectivity index (χ4v) is 2.33. The Kier molecular flexibility index (Phi) is 3.73. The van der Waals surface area contributed by atoms with Gasteiger partial charge < -0.3 is 10.3 Å². The number of hydrogen-bond donors (Lipinski definition) is 1. The Hall–Kier alpha value is -2.17. The molecule has 0 saturated carbocycles. The summed E-state index contributed by atoms with van der Waals surface area (Å²) in [7, 11) is 0. The normalized spacial score (nSPS) is 12.3. The molecule has 21 heavy (non-hydrogen) atoms. The highest BCUT2D eigenvalue weighted by atomic mass is 35.5. The van der Waals surface area contributed by atoms with Crippen molar-refractivity contribution in [2.45, 2.75) is 6.04 Å². The van der Waals surface area contributed by atoms with E-state index in [0.717, 1.165) is 11.3 Å². The van der Waals surface area contributed by atoms with Crippen LogP contribution in [0, 0.1) is 5.82 Å². The predicted octanol–water partition coefficient (Wildman–Crippen LogP) is 3.71. The third-order valence-corrected chi connectivity index (χ3v) is 3.63. The van der Waals surface area contributed by atoms with Gasteiger partial charge in [-0.25, -0.2) is 9.37 Å². The van der Waals surface area contributed by atoms with Gasteiger partial charge >= 0.3 is 0 Å². The van der Waals surface area contributed by atoms with E-state index < -0.39 is 5.82 Å². The van der Waals surface area contributed by atoms with Crippen LogP contribution in [0.2, 0.25) is 5.02 Å². The van der Waals surface area contributed by atoms with Crippen LogP contribution in [0.3, 0.4) is 0 Å². The van der Waals surface area contributed by atoms with Gasteiger partial charge in [0, 0.05) is 5.69 Å². The molecule has 0 aliphatic carbocycles. The second-order valence-corrected chi connectivity index (χ2v) is 5.08. The van der Waals surface area contributed by atoms with Crippen LogP contribution in [-0.2, 0) is 0 Å². The molecule has 2 N–H and O–H groups in total. The summed E-state index contributed by atoms with van der Waals surface area (Å²) in [6.07, 6.45) is 3.30. The highest BCUT2D eigenvalue weighted by Gasteiger charge is 2.15. The first kappa shape index (κ1) is 13.8. The van der Waals surface area contributed by atoms with Gasteiger partial charge in [0.05, 0.1) is 29.3 Å². The minimum atomic E-state index is -0.470. The van der Waals surface area contributed by atoms with Crippen LogP contribution in [0.5, 0.6) is 0 Å². The number of nitrogens with zero attached hydrogens (tertiary/aromatic N) is 2. The van der Waals surface area contributed by atoms with Crippen LogP contribution in [0.1, 0.15) is 17.3 Å². The van der Waals surface area contributed by atoms with Crippen molar-refractivity contribution >= 4 is 11.6 Å². The van der Waals surface area contributed by atoms with Gasteiger partial charge in [0.15, 0.2) is 0 Å². The summed E-state index contributed by atoms with van der Waals surface area (Å²) in [6, 6.07) is 14.0. The van der Waals surface area contributed by atoms with Gasteiger partial charge in [0.1, 0.15) is 5.82 Å². The number of hydrogen-bond acceptors (Lipinski definition) is 2. The molecule has 1 aromatic heterocycles. The number of rotatable bonds is 3. The quantitative estimate of drug-likeness (QED) is 0.801. The molecular formula is C16H13ClFN3. The van der Waals surface area contributed by atoms with Gasteiger partial charge in [0.25, 0.3) is 0 Å². The molecule has 0 aliphatic heterocycles. The second kappa shape index (κ2) is 5.68. The van der Waals surface area contributed by atoms with Gasteiger partial charge in [-0.3, -0.25) is 0 Å². The van der Waals surface area contributed by atoms with E-state index in [-0.39, 0.29) is 11.1 Å². The Bertz CT molecular complexity index is 755. The van der Waals surface area contributed by atoms with E-state index in [0.29, 0.717) is 5.69 Å². The molecule has 1 unspecified atom stereocenters. The largest absolute Gasteiger partial charge is 0.319 e. The highest BCUT2D eigenvalue weighted by Crippen LogP contribution is 2.24. The van der Waals surface area contributed by atoms with Gasteiger partial charge in [-0.2, -0.15) is 0 Å². The van der Waals surface area contributed by atoms with Crippen LogP contribution in [-0.4, -0.2) is 9.55 Å². The molecule has 5 heteroatoms. The summed E-state index contributed by atoms with van der Waals surface area (Å²) >= 11 is 5.72. The predicted molar refractivity (Wildman–Crippen MR) is 81.0 cm³/mol. The number of imidazole rings is 1. The average molecular weight is 302 g/mol. The van der Waals surface area contributed by atoms with Crippen molar-refractivity contribution in [1.82, 2.24) is 9.55 Å². The maximum Gasteiger partial charge on any atom is 0.143 e. The number of aromatic nitrogens is 2. The lowest BCUT2D eigenvalue weighted by Gasteiger charge is -2.15. The molecule has 0 amide bonds. The minimum Gasteiger partial charge on any atom is -0.319 e. The molecular weight excluding hydrogens is 289 g/mol. The number of benzene rings is 2. The molecule has 0 fully saturated rings. The maximum absolute atomic E-state index is 13.6. The fraction of sp³-hybridized carbons (Fsp3) is 0.0625. The number of nitrogens with two attached hydrogens (primary N) is 1. The zero-order valence-corrected chi connectivity index (χ0v) is 11.8. The van der Waals surface area contributed by atoms with Crippen LogP contribution < -0.4 is 5.73 Å². The Labute approximate surface area is 126 Å². The number of halogens is 2. The van der Waals surface area contributed by atoms with Crippen molar-refractivity contribution in [2.24, 2.45) is 5.73 Å². The standard InChI is InChI=1S/C16H13ClFN3/c17-13-7-6-12(8-14(13)18)21-10-20-9-15(21)16(19)11-4-2-1-3-5-11/h1-10,16H,19H2. The molecule has 0 bridgehead atoms. The van der Waals surface area contributed by atoms with E-state index in [1.54, 1.807) is 23.2 Å². The Balaban J connectivity index is 2.03. The molecule has 106 valence electrons. The topological polar surface area (TPSA) is 43.8 Å².